The molecular formula is C18H19N3S. The molecule has 1 N–H and O–H groups in total. The third-order valence-corrected chi connectivity index (χ3v) is 5.40. The zero-order chi connectivity index (χ0) is 14.9. The number of hydrogen-bond donors (Lipinski definition) is 1. The smallest absolute Gasteiger partial charge is 0.0926 e. The fourth-order valence-electron chi connectivity index (χ4n) is 3.26. The molecule has 3 heterocycles. The number of rotatable bonds is 3. The number of aromatic nitrogens is 2. The Morgan fingerprint density at radius 1 is 1.27 bits per heavy atom. The first kappa shape index (κ1) is 13.7. The van der Waals surface area contributed by atoms with Crippen LogP contribution < -0.4 is 0 Å². The van der Waals surface area contributed by atoms with Crippen molar-refractivity contribution in [3.8, 4) is 0 Å². The van der Waals surface area contributed by atoms with Crippen LogP contribution in [-0.4, -0.2) is 21.4 Å². The molecule has 2 aromatic heterocycles. The van der Waals surface area contributed by atoms with Gasteiger partial charge in [0.15, 0.2) is 0 Å². The molecule has 0 saturated heterocycles. The summed E-state index contributed by atoms with van der Waals surface area (Å²) in [5.74, 6) is 0. The average molecular weight is 309 g/mol. The van der Waals surface area contributed by atoms with Crippen LogP contribution in [0.5, 0.6) is 0 Å². The van der Waals surface area contributed by atoms with E-state index in [1.807, 2.05) is 17.7 Å². The van der Waals surface area contributed by atoms with E-state index >= 15 is 0 Å². The molecule has 0 spiro atoms. The summed E-state index contributed by atoms with van der Waals surface area (Å²) in [6.45, 7) is 4.23. The van der Waals surface area contributed by atoms with E-state index in [1.165, 1.54) is 27.4 Å². The number of hydrogen-bond acceptors (Lipinski definition) is 3. The first-order valence-electron chi connectivity index (χ1n) is 7.67. The lowest BCUT2D eigenvalue weighted by Crippen LogP contribution is -2.35. The Balaban J connectivity index is 1.71. The number of fused-ring (bicyclic) bond motifs is 1. The molecular weight excluding hydrogens is 290 g/mol. The highest BCUT2D eigenvalue weighted by molar-refractivity contribution is 7.10. The van der Waals surface area contributed by atoms with Gasteiger partial charge in [-0.3, -0.25) is 4.90 Å². The average Bonchev–Trinajstić information content (AvgIpc) is 3.20. The van der Waals surface area contributed by atoms with Crippen molar-refractivity contribution in [3.05, 3.63) is 75.5 Å². The topological polar surface area (TPSA) is 31.9 Å². The molecule has 3 aromatic rings. The summed E-state index contributed by atoms with van der Waals surface area (Å²) >= 11 is 1.82. The molecule has 0 radical (unpaired) electrons. The zero-order valence-corrected chi connectivity index (χ0v) is 13.4. The first-order valence-corrected chi connectivity index (χ1v) is 8.55. The third-order valence-electron chi connectivity index (χ3n) is 4.47. The minimum absolute atomic E-state index is 0.273. The maximum absolute atomic E-state index is 4.62. The van der Waals surface area contributed by atoms with Crippen molar-refractivity contribution in [3.63, 3.8) is 0 Å². The van der Waals surface area contributed by atoms with Gasteiger partial charge in [-0.15, -0.1) is 11.3 Å². The van der Waals surface area contributed by atoms with E-state index in [9.17, 15) is 0 Å². The van der Waals surface area contributed by atoms with E-state index in [1.54, 1.807) is 0 Å². The van der Waals surface area contributed by atoms with Crippen molar-refractivity contribution in [1.29, 1.82) is 0 Å². The molecule has 0 bridgehead atoms. The van der Waals surface area contributed by atoms with Gasteiger partial charge in [0.25, 0.3) is 0 Å². The molecule has 4 heteroatoms. The number of aromatic amines is 1. The molecule has 0 saturated carbocycles. The summed E-state index contributed by atoms with van der Waals surface area (Å²) in [6, 6.07) is 13.3. The number of nitrogens with zero attached hydrogens (tertiary/aromatic N) is 2. The highest BCUT2D eigenvalue weighted by atomic mass is 32.1. The van der Waals surface area contributed by atoms with Gasteiger partial charge in [0.05, 0.1) is 18.1 Å². The summed E-state index contributed by atoms with van der Waals surface area (Å²) in [6.07, 6.45) is 2.88. The fourth-order valence-corrected chi connectivity index (χ4v) is 4.12. The number of H-pyrrole nitrogens is 1. The quantitative estimate of drug-likeness (QED) is 0.795. The van der Waals surface area contributed by atoms with E-state index in [0.717, 1.165) is 19.5 Å². The zero-order valence-electron chi connectivity index (χ0n) is 12.6. The number of aryl methyl sites for hydroxylation is 1. The second-order valence-corrected chi connectivity index (χ2v) is 6.81. The molecule has 0 amide bonds. The van der Waals surface area contributed by atoms with Gasteiger partial charge in [-0.1, -0.05) is 30.3 Å². The Kier molecular flexibility index (Phi) is 3.56. The summed E-state index contributed by atoms with van der Waals surface area (Å²) in [5, 5.41) is 2.15. The van der Waals surface area contributed by atoms with Gasteiger partial charge in [-0.05, 0) is 29.5 Å². The second kappa shape index (κ2) is 5.71. The van der Waals surface area contributed by atoms with Crippen LogP contribution in [-0.2, 0) is 13.0 Å². The first-order chi connectivity index (χ1) is 10.8. The van der Waals surface area contributed by atoms with Crippen molar-refractivity contribution in [2.75, 3.05) is 6.54 Å². The largest absolute Gasteiger partial charge is 0.348 e. The lowest BCUT2D eigenvalue weighted by atomic mass is 9.99. The molecule has 0 aliphatic carbocycles. The highest BCUT2D eigenvalue weighted by Gasteiger charge is 2.31. The molecule has 1 aliphatic rings. The monoisotopic (exact) mass is 309 g/mol. The summed E-state index contributed by atoms with van der Waals surface area (Å²) in [5.41, 5.74) is 5.25. The van der Waals surface area contributed by atoms with Gasteiger partial charge in [0.1, 0.15) is 0 Å². The van der Waals surface area contributed by atoms with Crippen LogP contribution in [0.1, 0.15) is 33.4 Å². The molecule has 3 nitrogen and oxygen atoms in total. The van der Waals surface area contributed by atoms with Crippen LogP contribution in [0.4, 0.5) is 0 Å². The predicted octanol–water partition coefficient (Wildman–Crippen LogP) is 3.93. The molecule has 4 rings (SSSR count). The van der Waals surface area contributed by atoms with Gasteiger partial charge in [0, 0.05) is 30.1 Å². The van der Waals surface area contributed by atoms with E-state index in [-0.39, 0.29) is 6.04 Å². The van der Waals surface area contributed by atoms with Crippen molar-refractivity contribution in [1.82, 2.24) is 14.9 Å². The maximum Gasteiger partial charge on any atom is 0.0926 e. The lowest BCUT2D eigenvalue weighted by molar-refractivity contribution is 0.202. The standard InChI is InChI=1S/C18H19N3S/c1-13-5-2-3-6-14(13)11-21-9-8-15-17(20-12-19-15)18(21)16-7-4-10-22-16/h2-7,10,12,18H,8-9,11H2,1H3,(H,19,20)/t18-/m0/s1. The predicted molar refractivity (Wildman–Crippen MR) is 90.0 cm³/mol. The minimum atomic E-state index is 0.273. The van der Waals surface area contributed by atoms with E-state index in [4.69, 9.17) is 0 Å². The molecule has 0 fully saturated rings. The molecule has 1 aromatic carbocycles. The summed E-state index contributed by atoms with van der Waals surface area (Å²) in [4.78, 5) is 11.9. The van der Waals surface area contributed by atoms with Crippen LogP contribution in [0.2, 0.25) is 0 Å². The molecule has 1 atom stereocenters. The third kappa shape index (κ3) is 2.38. The number of imidazole rings is 1. The van der Waals surface area contributed by atoms with E-state index in [2.05, 4.69) is 63.6 Å². The summed E-state index contributed by atoms with van der Waals surface area (Å²) < 4.78 is 0. The Hall–Kier alpha value is -1.91. The highest BCUT2D eigenvalue weighted by Crippen LogP contribution is 2.36. The van der Waals surface area contributed by atoms with Crippen LogP contribution in [0, 0.1) is 6.92 Å². The second-order valence-electron chi connectivity index (χ2n) is 5.83. The Morgan fingerprint density at radius 3 is 3.00 bits per heavy atom. The fraction of sp³-hybridized carbons (Fsp3) is 0.278. The Bertz CT molecular complexity index is 760. The van der Waals surface area contributed by atoms with Crippen molar-refractivity contribution in [2.24, 2.45) is 0 Å². The molecule has 1 aliphatic heterocycles. The van der Waals surface area contributed by atoms with Crippen LogP contribution >= 0.6 is 11.3 Å². The van der Waals surface area contributed by atoms with Crippen LogP contribution in [0.15, 0.2) is 48.1 Å². The number of benzene rings is 1. The molecule has 112 valence electrons. The number of nitrogens with one attached hydrogen (secondary N) is 1. The van der Waals surface area contributed by atoms with Gasteiger partial charge in [-0.2, -0.15) is 0 Å². The molecule has 22 heavy (non-hydrogen) atoms. The van der Waals surface area contributed by atoms with Crippen LogP contribution in [0.25, 0.3) is 0 Å². The Labute approximate surface area is 134 Å². The van der Waals surface area contributed by atoms with Crippen molar-refractivity contribution in [2.45, 2.75) is 25.9 Å². The van der Waals surface area contributed by atoms with Crippen molar-refractivity contribution < 1.29 is 0 Å². The van der Waals surface area contributed by atoms with Gasteiger partial charge < -0.3 is 4.98 Å². The van der Waals surface area contributed by atoms with Gasteiger partial charge >= 0.3 is 0 Å². The minimum Gasteiger partial charge on any atom is -0.348 e. The van der Waals surface area contributed by atoms with Gasteiger partial charge in [-0.25, -0.2) is 4.98 Å². The normalized spacial score (nSPS) is 18.3. The van der Waals surface area contributed by atoms with Crippen LogP contribution in [0.3, 0.4) is 0 Å². The summed E-state index contributed by atoms with van der Waals surface area (Å²) in [7, 11) is 0. The van der Waals surface area contributed by atoms with E-state index < -0.39 is 0 Å². The lowest BCUT2D eigenvalue weighted by Gasteiger charge is -2.34. The number of thiophene rings is 1. The van der Waals surface area contributed by atoms with Gasteiger partial charge in [0.2, 0.25) is 0 Å². The Morgan fingerprint density at radius 2 is 2.18 bits per heavy atom. The van der Waals surface area contributed by atoms with E-state index in [0.29, 0.717) is 0 Å². The maximum atomic E-state index is 4.62. The molecule has 0 unspecified atom stereocenters. The van der Waals surface area contributed by atoms with Crippen molar-refractivity contribution >= 4 is 11.3 Å². The SMILES string of the molecule is Cc1ccccc1CN1CCc2[nH]cnc2[C@@H]1c1cccs1.